The van der Waals surface area contributed by atoms with E-state index in [2.05, 4.69) is 9.71 Å². The summed E-state index contributed by atoms with van der Waals surface area (Å²) in [6.45, 7) is 2.22. The summed E-state index contributed by atoms with van der Waals surface area (Å²) in [7, 11) is -3.76. The van der Waals surface area contributed by atoms with Crippen LogP contribution >= 0.6 is 11.3 Å². The molecule has 2 aliphatic heterocycles. The number of fused-ring (bicyclic) bond motifs is 1. The first kappa shape index (κ1) is 22.9. The van der Waals surface area contributed by atoms with Crippen LogP contribution in [-0.2, 0) is 24.3 Å². The summed E-state index contributed by atoms with van der Waals surface area (Å²) >= 11 is 1.14. The number of rotatable bonds is 5. The van der Waals surface area contributed by atoms with Gasteiger partial charge < -0.3 is 20.7 Å². The summed E-state index contributed by atoms with van der Waals surface area (Å²) in [5.74, 6) is -2.03. The van der Waals surface area contributed by atoms with Gasteiger partial charge in [0.2, 0.25) is 0 Å². The monoisotopic (exact) mass is 490 g/mol. The normalized spacial score (nSPS) is 19.8. The van der Waals surface area contributed by atoms with Gasteiger partial charge in [-0.2, -0.15) is 8.42 Å². The molecule has 1 saturated heterocycles. The molecule has 1 aromatic carbocycles. The highest BCUT2D eigenvalue weighted by Gasteiger charge is 2.36. The number of esters is 1. The first-order chi connectivity index (χ1) is 15.7. The molecule has 1 fully saturated rings. The van der Waals surface area contributed by atoms with Crippen molar-refractivity contribution in [2.24, 2.45) is 16.0 Å². The molecule has 0 radical (unpaired) electrons. The van der Waals surface area contributed by atoms with E-state index in [4.69, 9.17) is 10.5 Å². The number of primary amides is 1. The van der Waals surface area contributed by atoms with E-state index in [0.29, 0.717) is 35.8 Å². The molecule has 2 atom stereocenters. The van der Waals surface area contributed by atoms with Crippen LogP contribution in [0.5, 0.6) is 0 Å². The van der Waals surface area contributed by atoms with Crippen molar-refractivity contribution >= 4 is 50.0 Å². The van der Waals surface area contributed by atoms with E-state index in [1.165, 1.54) is 19.1 Å². The Hall–Kier alpha value is -3.25. The van der Waals surface area contributed by atoms with Crippen molar-refractivity contribution in [2.45, 2.75) is 30.8 Å². The molecule has 2 unspecified atom stereocenters. The Balaban J connectivity index is 1.41. The molecule has 3 N–H and O–H groups in total. The van der Waals surface area contributed by atoms with E-state index < -0.39 is 39.8 Å². The van der Waals surface area contributed by atoms with E-state index in [1.54, 1.807) is 28.5 Å². The number of amidine groups is 1. The Kier molecular flexibility index (Phi) is 6.21. The summed E-state index contributed by atoms with van der Waals surface area (Å²) in [5, 5.41) is 4.47. The smallest absolute Gasteiger partial charge is 0.311 e. The van der Waals surface area contributed by atoms with Crippen molar-refractivity contribution in [2.75, 3.05) is 18.4 Å². The number of likely N-dealkylation sites (tertiary alicyclic amines) is 1. The third kappa shape index (κ3) is 4.62. The van der Waals surface area contributed by atoms with Gasteiger partial charge in [-0.25, -0.2) is 0 Å². The second kappa shape index (κ2) is 8.94. The largest absolute Gasteiger partial charge is 0.452 e. The minimum Gasteiger partial charge on any atom is -0.452 e. The molecule has 1 aromatic heterocycles. The maximum atomic E-state index is 12.8. The molecule has 4 rings (SSSR count). The van der Waals surface area contributed by atoms with Crippen LogP contribution in [0.25, 0.3) is 0 Å². The summed E-state index contributed by atoms with van der Waals surface area (Å²) in [4.78, 5) is 38.6. The fourth-order valence-corrected chi connectivity index (χ4v) is 5.84. The molecule has 3 heterocycles. The molecule has 0 spiro atoms. The number of carbonyl (C=O) groups excluding carboxylic acids is 3. The number of nitrogens with two attached hydrogens (primary N) is 1. The second-order valence-corrected chi connectivity index (χ2v) is 10.3. The number of nitrogens with one attached hydrogen (secondary N) is 1. The van der Waals surface area contributed by atoms with E-state index in [0.717, 1.165) is 11.3 Å². The van der Waals surface area contributed by atoms with Crippen LogP contribution in [0, 0.1) is 5.92 Å². The summed E-state index contributed by atoms with van der Waals surface area (Å²) in [6, 6.07) is 8.08. The molecule has 2 amide bonds. The SMILES string of the molecule is CC(OC(=O)C1CCCN(C2=NS(=O)(=O)c3ccccc32)C1)C(=O)Nc1sccc1C(N)=O. The number of carbonyl (C=O) groups is 3. The van der Waals surface area contributed by atoms with Crippen molar-refractivity contribution < 1.29 is 27.5 Å². The highest BCUT2D eigenvalue weighted by atomic mass is 32.2. The van der Waals surface area contributed by atoms with Gasteiger partial charge in [-0.05, 0) is 43.3 Å². The lowest BCUT2D eigenvalue weighted by molar-refractivity contribution is -0.158. The maximum absolute atomic E-state index is 12.8. The topological polar surface area (TPSA) is 148 Å². The average molecular weight is 491 g/mol. The van der Waals surface area contributed by atoms with E-state index >= 15 is 0 Å². The lowest BCUT2D eigenvalue weighted by Crippen LogP contribution is -2.44. The van der Waals surface area contributed by atoms with Crippen LogP contribution in [0.15, 0.2) is 45.0 Å². The third-order valence-corrected chi connectivity index (χ3v) is 7.65. The molecule has 10 nitrogen and oxygen atoms in total. The van der Waals surface area contributed by atoms with Gasteiger partial charge in [0.05, 0.1) is 11.5 Å². The predicted octanol–water partition coefficient (Wildman–Crippen LogP) is 1.58. The van der Waals surface area contributed by atoms with Crippen LogP contribution in [0.1, 0.15) is 35.7 Å². The van der Waals surface area contributed by atoms with E-state index in [-0.39, 0.29) is 17.0 Å². The van der Waals surface area contributed by atoms with Crippen molar-refractivity contribution in [3.8, 4) is 0 Å². The van der Waals surface area contributed by atoms with E-state index in [1.807, 2.05) is 0 Å². The number of nitrogens with zero attached hydrogens (tertiary/aromatic N) is 2. The number of ether oxygens (including phenoxy) is 1. The van der Waals surface area contributed by atoms with Crippen molar-refractivity contribution in [3.05, 3.63) is 46.8 Å². The minimum absolute atomic E-state index is 0.152. The first-order valence-corrected chi connectivity index (χ1v) is 12.6. The van der Waals surface area contributed by atoms with Crippen LogP contribution in [-0.4, -0.2) is 56.1 Å². The van der Waals surface area contributed by atoms with Crippen molar-refractivity contribution in [3.63, 3.8) is 0 Å². The quantitative estimate of drug-likeness (QED) is 0.605. The van der Waals surface area contributed by atoms with E-state index in [9.17, 15) is 22.8 Å². The fraction of sp³-hybridized carbons (Fsp3) is 0.333. The minimum atomic E-state index is -3.76. The Morgan fingerprint density at radius 1 is 1.27 bits per heavy atom. The summed E-state index contributed by atoms with van der Waals surface area (Å²) < 4.78 is 34.0. The van der Waals surface area contributed by atoms with Crippen LogP contribution in [0.3, 0.4) is 0 Å². The molecular formula is C21H22N4O6S2. The molecule has 33 heavy (non-hydrogen) atoms. The Bertz CT molecular complexity index is 1250. The van der Waals surface area contributed by atoms with Crippen molar-refractivity contribution in [1.29, 1.82) is 0 Å². The third-order valence-electron chi connectivity index (χ3n) is 5.50. The number of benzene rings is 1. The van der Waals surface area contributed by atoms with Crippen LogP contribution in [0.4, 0.5) is 5.00 Å². The molecule has 0 saturated carbocycles. The summed E-state index contributed by atoms with van der Waals surface area (Å²) in [5.41, 5.74) is 5.98. The van der Waals surface area contributed by atoms with Gasteiger partial charge in [0, 0.05) is 18.7 Å². The number of amides is 2. The summed E-state index contributed by atoms with van der Waals surface area (Å²) in [6.07, 6.45) is 0.0848. The zero-order valence-electron chi connectivity index (χ0n) is 17.7. The zero-order chi connectivity index (χ0) is 23.8. The zero-order valence-corrected chi connectivity index (χ0v) is 19.3. The van der Waals surface area contributed by atoms with Crippen LogP contribution < -0.4 is 11.1 Å². The maximum Gasteiger partial charge on any atom is 0.311 e. The second-order valence-electron chi connectivity index (χ2n) is 7.77. The standard InChI is InChI=1S/C21H22N4O6S2/c1-12(19(27)23-20-15(17(22)26)8-10-32-20)31-21(28)13-5-4-9-25(11-13)18-14-6-2-3-7-16(14)33(29,30)24-18/h2-3,6-8,10,12-13H,4-5,9,11H2,1H3,(H2,22,26)(H,23,27). The number of anilines is 1. The van der Waals surface area contributed by atoms with Gasteiger partial charge in [-0.3, -0.25) is 14.4 Å². The Morgan fingerprint density at radius 3 is 2.79 bits per heavy atom. The van der Waals surface area contributed by atoms with Gasteiger partial charge in [0.15, 0.2) is 11.9 Å². The Labute approximate surface area is 194 Å². The van der Waals surface area contributed by atoms with Gasteiger partial charge >= 0.3 is 5.97 Å². The highest BCUT2D eigenvalue weighted by molar-refractivity contribution is 7.90. The number of sulfonamides is 1. The number of hydrogen-bond acceptors (Lipinski definition) is 8. The lowest BCUT2D eigenvalue weighted by Gasteiger charge is -2.33. The number of thiophene rings is 1. The fourth-order valence-electron chi connectivity index (χ4n) is 3.82. The first-order valence-electron chi connectivity index (χ1n) is 10.3. The van der Waals surface area contributed by atoms with Gasteiger partial charge in [0.1, 0.15) is 9.90 Å². The highest BCUT2D eigenvalue weighted by Crippen LogP contribution is 2.30. The molecule has 174 valence electrons. The molecule has 0 bridgehead atoms. The van der Waals surface area contributed by atoms with Crippen molar-refractivity contribution in [1.82, 2.24) is 4.90 Å². The molecule has 2 aromatic rings. The Morgan fingerprint density at radius 2 is 2.03 bits per heavy atom. The predicted molar refractivity (Wildman–Crippen MR) is 121 cm³/mol. The van der Waals surface area contributed by atoms with Gasteiger partial charge in [0.25, 0.3) is 21.8 Å². The van der Waals surface area contributed by atoms with Gasteiger partial charge in [-0.1, -0.05) is 12.1 Å². The van der Waals surface area contributed by atoms with Crippen LogP contribution in [0.2, 0.25) is 0 Å². The molecule has 2 aliphatic rings. The molecular weight excluding hydrogens is 468 g/mol. The molecule has 0 aliphatic carbocycles. The van der Waals surface area contributed by atoms with Gasteiger partial charge in [-0.15, -0.1) is 15.7 Å². The average Bonchev–Trinajstić information content (AvgIpc) is 3.36. The number of piperidine rings is 1. The number of hydrogen-bond donors (Lipinski definition) is 2. The lowest BCUT2D eigenvalue weighted by atomic mass is 9.97. The molecule has 12 heteroatoms.